The molecule has 2 fully saturated rings. The number of benzene rings is 3. The maximum Gasteiger partial charge on any atom is 0.333 e. The highest BCUT2D eigenvalue weighted by Crippen LogP contribution is 2.52. The van der Waals surface area contributed by atoms with E-state index in [-0.39, 0.29) is 37.2 Å². The van der Waals surface area contributed by atoms with Crippen molar-refractivity contribution in [3.63, 3.8) is 0 Å². The Morgan fingerprint density at radius 3 is 1.75 bits per heavy atom. The molecule has 6 rings (SSSR count). The number of hydrogen-bond acceptors (Lipinski definition) is 9. The maximum absolute atomic E-state index is 12.9. The minimum Gasteiger partial charge on any atom is -0.460 e. The summed E-state index contributed by atoms with van der Waals surface area (Å²) in [7, 11) is 0. The Hall–Kier alpha value is -5.13. The number of hydrogen-bond donors (Lipinski definition) is 2. The predicted octanol–water partition coefficient (Wildman–Crippen LogP) is 4.07. The Kier molecular flexibility index (Phi) is 11.1. The van der Waals surface area contributed by atoms with E-state index in [0.29, 0.717) is 18.2 Å². The molecule has 1 heterocycles. The number of fused-ring (bicyclic) bond motifs is 5. The first-order chi connectivity index (χ1) is 24.7. The molecule has 0 aromatic heterocycles. The molecule has 1 saturated carbocycles. The van der Waals surface area contributed by atoms with Crippen molar-refractivity contribution in [3.8, 4) is 0 Å². The number of esters is 1. The topological polar surface area (TPSA) is 140 Å². The molecule has 51 heavy (non-hydrogen) atoms. The zero-order chi connectivity index (χ0) is 36.0. The van der Waals surface area contributed by atoms with Gasteiger partial charge >= 0.3 is 11.9 Å². The highest BCUT2D eigenvalue weighted by Gasteiger charge is 2.60. The van der Waals surface area contributed by atoms with Crippen molar-refractivity contribution >= 4 is 29.7 Å². The number of rotatable bonds is 16. The highest BCUT2D eigenvalue weighted by molar-refractivity contribution is 6.06. The Bertz CT molecular complexity index is 1620. The van der Waals surface area contributed by atoms with Crippen molar-refractivity contribution in [3.05, 3.63) is 120 Å². The van der Waals surface area contributed by atoms with Crippen LogP contribution in [0.4, 0.5) is 0 Å². The van der Waals surface area contributed by atoms with Crippen molar-refractivity contribution < 1.29 is 38.3 Å². The predicted molar refractivity (Wildman–Crippen MR) is 186 cm³/mol. The molecular formula is C40H43N3O8. The summed E-state index contributed by atoms with van der Waals surface area (Å²) in [4.78, 5) is 68.2. The van der Waals surface area contributed by atoms with Gasteiger partial charge in [-0.3, -0.25) is 24.5 Å². The Balaban J connectivity index is 0.929. The van der Waals surface area contributed by atoms with Crippen LogP contribution in [-0.2, 0) is 43.8 Å². The minimum absolute atomic E-state index is 0.00490. The largest absolute Gasteiger partial charge is 0.460 e. The molecule has 2 N–H and O–H groups in total. The van der Waals surface area contributed by atoms with Gasteiger partial charge in [-0.1, -0.05) is 103 Å². The number of allylic oxidation sites excluding steroid dienone is 2. The summed E-state index contributed by atoms with van der Waals surface area (Å²) in [6.45, 7) is 3.97. The SMILES string of the molecule is CC(COC(C)C(=O)NCCNC(c1ccccc1)(c1ccccc1)c1ccccc1)OC(=O)CCC(=O)ON1C(=O)C2C3C=CC(C3)C2C1=O. The number of amides is 3. The fraction of sp³-hybridized carbons (Fsp3) is 0.375. The molecule has 6 atom stereocenters. The molecular weight excluding hydrogens is 650 g/mol. The lowest BCUT2D eigenvalue weighted by Gasteiger charge is -2.37. The van der Waals surface area contributed by atoms with Gasteiger partial charge in [0.15, 0.2) is 0 Å². The second-order valence-electron chi connectivity index (χ2n) is 13.3. The number of imide groups is 1. The highest BCUT2D eigenvalue weighted by atomic mass is 16.7. The Labute approximate surface area is 297 Å². The van der Waals surface area contributed by atoms with Gasteiger partial charge in [-0.15, -0.1) is 5.06 Å². The summed E-state index contributed by atoms with van der Waals surface area (Å²) in [6, 6.07) is 30.5. The first kappa shape index (κ1) is 35.7. The molecule has 3 aromatic carbocycles. The van der Waals surface area contributed by atoms with E-state index in [0.717, 1.165) is 23.1 Å². The fourth-order valence-corrected chi connectivity index (χ4v) is 7.44. The van der Waals surface area contributed by atoms with Crippen LogP contribution in [0.3, 0.4) is 0 Å². The van der Waals surface area contributed by atoms with Gasteiger partial charge in [0, 0.05) is 13.1 Å². The van der Waals surface area contributed by atoms with Gasteiger partial charge in [-0.25, -0.2) is 4.79 Å². The maximum atomic E-state index is 12.9. The van der Waals surface area contributed by atoms with E-state index in [9.17, 15) is 24.0 Å². The fourth-order valence-electron chi connectivity index (χ4n) is 7.44. The number of hydroxylamine groups is 2. The van der Waals surface area contributed by atoms with Gasteiger partial charge in [-0.2, -0.15) is 0 Å². The van der Waals surface area contributed by atoms with Crippen LogP contribution < -0.4 is 10.6 Å². The Morgan fingerprint density at radius 1 is 0.745 bits per heavy atom. The first-order valence-electron chi connectivity index (χ1n) is 17.5. The van der Waals surface area contributed by atoms with Crippen molar-refractivity contribution in [2.24, 2.45) is 23.7 Å². The van der Waals surface area contributed by atoms with Crippen LogP contribution in [-0.4, -0.2) is 66.6 Å². The zero-order valence-electron chi connectivity index (χ0n) is 28.7. The lowest BCUT2D eigenvalue weighted by atomic mass is 9.77. The first-order valence-corrected chi connectivity index (χ1v) is 17.5. The quantitative estimate of drug-likeness (QED) is 0.0748. The van der Waals surface area contributed by atoms with Crippen LogP contribution in [0, 0.1) is 23.7 Å². The van der Waals surface area contributed by atoms with E-state index in [1.807, 2.05) is 66.7 Å². The molecule has 11 nitrogen and oxygen atoms in total. The molecule has 1 aliphatic heterocycles. The van der Waals surface area contributed by atoms with Crippen LogP contribution in [0.15, 0.2) is 103 Å². The third-order valence-corrected chi connectivity index (χ3v) is 9.87. The average molecular weight is 694 g/mol. The zero-order valence-corrected chi connectivity index (χ0v) is 28.7. The molecule has 3 amide bonds. The minimum atomic E-state index is -0.869. The summed E-state index contributed by atoms with van der Waals surface area (Å²) >= 11 is 0. The summed E-state index contributed by atoms with van der Waals surface area (Å²) in [5, 5.41) is 7.22. The number of ether oxygens (including phenoxy) is 2. The second kappa shape index (κ2) is 15.8. The molecule has 1 saturated heterocycles. The van der Waals surface area contributed by atoms with Crippen LogP contribution >= 0.6 is 0 Å². The number of carbonyl (C=O) groups excluding carboxylic acids is 5. The summed E-state index contributed by atoms with van der Waals surface area (Å²) in [5.41, 5.74) is 2.53. The van der Waals surface area contributed by atoms with Gasteiger partial charge < -0.3 is 19.6 Å². The molecule has 0 spiro atoms. The van der Waals surface area contributed by atoms with E-state index in [2.05, 4.69) is 47.0 Å². The van der Waals surface area contributed by atoms with Crippen LogP contribution in [0.25, 0.3) is 0 Å². The molecule has 3 aliphatic rings. The molecule has 3 aromatic rings. The number of nitrogens with one attached hydrogen (secondary N) is 2. The molecule has 11 heteroatoms. The van der Waals surface area contributed by atoms with E-state index < -0.39 is 53.3 Å². The van der Waals surface area contributed by atoms with Gasteiger partial charge in [-0.05, 0) is 48.8 Å². The second-order valence-corrected chi connectivity index (χ2v) is 13.3. The lowest BCUT2D eigenvalue weighted by Crippen LogP contribution is -2.48. The van der Waals surface area contributed by atoms with E-state index in [1.54, 1.807) is 13.8 Å². The summed E-state index contributed by atoms with van der Waals surface area (Å²) < 4.78 is 11.0. The van der Waals surface area contributed by atoms with Gasteiger partial charge in [0.25, 0.3) is 11.8 Å². The number of nitrogens with zero attached hydrogens (tertiary/aromatic N) is 1. The van der Waals surface area contributed by atoms with Gasteiger partial charge in [0.2, 0.25) is 5.91 Å². The van der Waals surface area contributed by atoms with Gasteiger partial charge in [0.05, 0.1) is 36.8 Å². The smallest absolute Gasteiger partial charge is 0.333 e. The standard InChI is InChI=1S/C40H43N3O8/c1-26(50-33(44)20-21-34(45)51-43-38(47)35-28-18-19-29(24-28)36(35)39(43)48)25-49-27(2)37(46)41-22-23-42-40(30-12-6-3-7-13-30,31-14-8-4-9-15-31)32-16-10-5-11-17-32/h3-19,26-29,35-36,42H,20-25H2,1-2H3,(H,41,46). The monoisotopic (exact) mass is 693 g/mol. The molecule has 2 bridgehead atoms. The molecule has 6 unspecified atom stereocenters. The van der Waals surface area contributed by atoms with E-state index >= 15 is 0 Å². The van der Waals surface area contributed by atoms with Crippen molar-refractivity contribution in [2.75, 3.05) is 19.7 Å². The number of carbonyl (C=O) groups is 5. The molecule has 266 valence electrons. The van der Waals surface area contributed by atoms with Crippen LogP contribution in [0.5, 0.6) is 0 Å². The van der Waals surface area contributed by atoms with Gasteiger partial charge in [0.1, 0.15) is 12.2 Å². The molecule has 0 radical (unpaired) electrons. The summed E-state index contributed by atoms with van der Waals surface area (Å²) in [6.07, 6.45) is 2.48. The third kappa shape index (κ3) is 7.64. The van der Waals surface area contributed by atoms with E-state index in [4.69, 9.17) is 14.3 Å². The van der Waals surface area contributed by atoms with Crippen molar-refractivity contribution in [2.45, 2.75) is 50.9 Å². The van der Waals surface area contributed by atoms with Crippen molar-refractivity contribution in [1.82, 2.24) is 15.7 Å². The normalized spacial score (nSPS) is 21.6. The van der Waals surface area contributed by atoms with Crippen LogP contribution in [0.1, 0.15) is 49.8 Å². The van der Waals surface area contributed by atoms with Crippen molar-refractivity contribution in [1.29, 1.82) is 0 Å². The average Bonchev–Trinajstić information content (AvgIpc) is 3.85. The Morgan fingerprint density at radius 2 is 1.24 bits per heavy atom. The lowest BCUT2D eigenvalue weighted by molar-refractivity contribution is -0.199. The van der Waals surface area contributed by atoms with E-state index in [1.165, 1.54) is 0 Å². The molecule has 2 aliphatic carbocycles. The van der Waals surface area contributed by atoms with Crippen LogP contribution in [0.2, 0.25) is 0 Å². The summed E-state index contributed by atoms with van der Waals surface area (Å²) in [5.74, 6) is -3.84. The third-order valence-electron chi connectivity index (χ3n) is 9.87.